The Balaban J connectivity index is 2.25. The van der Waals surface area contributed by atoms with Gasteiger partial charge < -0.3 is 15.5 Å². The Bertz CT molecular complexity index is 623. The number of carbonyl (C=O) groups is 2. The first kappa shape index (κ1) is 12.6. The molecule has 6 nitrogen and oxygen atoms in total. The molecule has 1 heterocycles. The first-order chi connectivity index (χ1) is 9.08. The maximum atomic E-state index is 11.9. The van der Waals surface area contributed by atoms with E-state index in [0.29, 0.717) is 5.69 Å². The van der Waals surface area contributed by atoms with Gasteiger partial charge in [0, 0.05) is 11.9 Å². The van der Waals surface area contributed by atoms with Crippen molar-refractivity contribution in [1.29, 1.82) is 0 Å². The minimum atomic E-state index is -1.22. The van der Waals surface area contributed by atoms with Crippen molar-refractivity contribution in [1.82, 2.24) is 4.98 Å². The average molecular weight is 258 g/mol. The van der Waals surface area contributed by atoms with Crippen LogP contribution in [-0.2, 0) is 0 Å². The quantitative estimate of drug-likeness (QED) is 0.728. The number of aromatic hydroxyl groups is 1. The van der Waals surface area contributed by atoms with Crippen molar-refractivity contribution in [2.75, 3.05) is 5.32 Å². The molecule has 2 rings (SSSR count). The maximum Gasteiger partial charge on any atom is 0.338 e. The number of aromatic nitrogens is 1. The van der Waals surface area contributed by atoms with Crippen molar-refractivity contribution in [2.45, 2.75) is 0 Å². The minimum absolute atomic E-state index is 0.0714. The number of phenols is 1. The number of hydrogen-bond donors (Lipinski definition) is 3. The first-order valence-electron chi connectivity index (χ1n) is 5.36. The van der Waals surface area contributed by atoms with Gasteiger partial charge >= 0.3 is 5.97 Å². The zero-order valence-corrected chi connectivity index (χ0v) is 9.70. The van der Waals surface area contributed by atoms with Crippen LogP contribution < -0.4 is 5.32 Å². The predicted octanol–water partition coefficient (Wildman–Crippen LogP) is 1.74. The molecule has 0 fully saturated rings. The highest BCUT2D eigenvalue weighted by Gasteiger charge is 2.17. The summed E-state index contributed by atoms with van der Waals surface area (Å²) in [6, 6.07) is 8.56. The second-order valence-electron chi connectivity index (χ2n) is 3.71. The maximum absolute atomic E-state index is 11.9. The average Bonchev–Trinajstić information content (AvgIpc) is 2.41. The van der Waals surface area contributed by atoms with Gasteiger partial charge in [-0.15, -0.1) is 0 Å². The Morgan fingerprint density at radius 3 is 2.42 bits per heavy atom. The molecule has 3 N–H and O–H groups in total. The smallest absolute Gasteiger partial charge is 0.338 e. The van der Waals surface area contributed by atoms with Gasteiger partial charge in [0.25, 0.3) is 5.91 Å². The van der Waals surface area contributed by atoms with Crippen LogP contribution in [-0.4, -0.2) is 27.1 Å². The third-order valence-electron chi connectivity index (χ3n) is 2.38. The minimum Gasteiger partial charge on any atom is -0.508 e. The summed E-state index contributed by atoms with van der Waals surface area (Å²) in [6.45, 7) is 0. The van der Waals surface area contributed by atoms with Crippen molar-refractivity contribution in [2.24, 2.45) is 0 Å². The molecule has 6 heteroatoms. The normalized spacial score (nSPS) is 9.89. The zero-order chi connectivity index (χ0) is 13.8. The first-order valence-corrected chi connectivity index (χ1v) is 5.36. The molecule has 0 radical (unpaired) electrons. The molecule has 0 aliphatic rings. The Morgan fingerprint density at radius 1 is 1.11 bits per heavy atom. The van der Waals surface area contributed by atoms with Gasteiger partial charge in [0.2, 0.25) is 0 Å². The van der Waals surface area contributed by atoms with Gasteiger partial charge in [0.1, 0.15) is 11.4 Å². The summed E-state index contributed by atoms with van der Waals surface area (Å²) >= 11 is 0. The van der Waals surface area contributed by atoms with E-state index in [1.54, 1.807) is 0 Å². The van der Waals surface area contributed by atoms with Gasteiger partial charge in [-0.2, -0.15) is 0 Å². The molecule has 0 saturated carbocycles. The molecule has 2 aromatic rings. The van der Waals surface area contributed by atoms with Crippen LogP contribution in [0.3, 0.4) is 0 Å². The molecule has 0 saturated heterocycles. The lowest BCUT2D eigenvalue weighted by Crippen LogP contribution is -2.18. The number of carbonyl (C=O) groups excluding carboxylic acids is 1. The molecule has 1 amide bonds. The van der Waals surface area contributed by atoms with Gasteiger partial charge in [0.15, 0.2) is 0 Å². The summed E-state index contributed by atoms with van der Waals surface area (Å²) < 4.78 is 0. The molecule has 19 heavy (non-hydrogen) atoms. The van der Waals surface area contributed by atoms with E-state index in [-0.39, 0.29) is 17.0 Å². The molecule has 96 valence electrons. The number of amides is 1. The van der Waals surface area contributed by atoms with E-state index in [1.165, 1.54) is 42.6 Å². The van der Waals surface area contributed by atoms with Crippen molar-refractivity contribution in [3.63, 3.8) is 0 Å². The van der Waals surface area contributed by atoms with Crippen LogP contribution in [0.25, 0.3) is 0 Å². The molecular weight excluding hydrogens is 248 g/mol. The Labute approximate surface area is 108 Å². The van der Waals surface area contributed by atoms with E-state index in [9.17, 15) is 9.59 Å². The zero-order valence-electron chi connectivity index (χ0n) is 9.70. The number of benzene rings is 1. The number of carboxylic acid groups (broad SMARTS) is 1. The Hall–Kier alpha value is -2.89. The summed E-state index contributed by atoms with van der Waals surface area (Å²) in [6.07, 6.45) is 1.35. The van der Waals surface area contributed by atoms with Gasteiger partial charge in [-0.25, -0.2) is 4.79 Å². The molecule has 0 aliphatic carbocycles. The fraction of sp³-hybridized carbons (Fsp3) is 0. The summed E-state index contributed by atoms with van der Waals surface area (Å²) in [4.78, 5) is 26.7. The summed E-state index contributed by atoms with van der Waals surface area (Å²) in [7, 11) is 0. The SMILES string of the molecule is O=C(O)c1cccnc1C(=O)Nc1ccc(O)cc1. The Morgan fingerprint density at radius 2 is 1.79 bits per heavy atom. The largest absolute Gasteiger partial charge is 0.508 e. The summed E-state index contributed by atoms with van der Waals surface area (Å²) in [5.74, 6) is -1.77. The van der Waals surface area contributed by atoms with Crippen LogP contribution in [0, 0.1) is 0 Å². The molecule has 1 aromatic carbocycles. The fourth-order valence-corrected chi connectivity index (χ4v) is 1.49. The van der Waals surface area contributed by atoms with E-state index < -0.39 is 11.9 Å². The van der Waals surface area contributed by atoms with E-state index in [0.717, 1.165) is 0 Å². The number of aromatic carboxylic acids is 1. The lowest BCUT2D eigenvalue weighted by molar-refractivity contribution is 0.0691. The highest BCUT2D eigenvalue weighted by atomic mass is 16.4. The molecule has 0 unspecified atom stereocenters. The van der Waals surface area contributed by atoms with Gasteiger partial charge in [-0.05, 0) is 36.4 Å². The third-order valence-corrected chi connectivity index (χ3v) is 2.38. The van der Waals surface area contributed by atoms with Crippen molar-refractivity contribution >= 4 is 17.6 Å². The van der Waals surface area contributed by atoms with Gasteiger partial charge in [-0.1, -0.05) is 0 Å². The van der Waals surface area contributed by atoms with Crippen LogP contribution in [0.15, 0.2) is 42.6 Å². The molecular formula is C13H10N2O4. The number of rotatable bonds is 3. The monoisotopic (exact) mass is 258 g/mol. The standard InChI is InChI=1S/C13H10N2O4/c16-9-5-3-8(4-6-9)15-12(17)11-10(13(18)19)2-1-7-14-11/h1-7,16H,(H,15,17)(H,18,19). The number of phenolic OH excluding ortho intramolecular Hbond substituents is 1. The molecule has 0 bridgehead atoms. The van der Waals surface area contributed by atoms with Gasteiger partial charge in [-0.3, -0.25) is 9.78 Å². The number of hydrogen-bond acceptors (Lipinski definition) is 4. The summed E-state index contributed by atoms with van der Waals surface area (Å²) in [5, 5.41) is 20.6. The highest BCUT2D eigenvalue weighted by Crippen LogP contribution is 2.15. The highest BCUT2D eigenvalue weighted by molar-refractivity contribution is 6.09. The second-order valence-corrected chi connectivity index (χ2v) is 3.71. The topological polar surface area (TPSA) is 99.5 Å². The lowest BCUT2D eigenvalue weighted by atomic mass is 10.2. The van der Waals surface area contributed by atoms with E-state index in [4.69, 9.17) is 10.2 Å². The lowest BCUT2D eigenvalue weighted by Gasteiger charge is -2.06. The molecule has 0 aliphatic heterocycles. The summed E-state index contributed by atoms with van der Waals surface area (Å²) in [5.41, 5.74) is 0.103. The number of nitrogens with one attached hydrogen (secondary N) is 1. The third kappa shape index (κ3) is 2.86. The van der Waals surface area contributed by atoms with Crippen molar-refractivity contribution in [3.8, 4) is 5.75 Å². The van der Waals surface area contributed by atoms with Crippen LogP contribution in [0.1, 0.15) is 20.8 Å². The van der Waals surface area contributed by atoms with Crippen LogP contribution in [0.2, 0.25) is 0 Å². The molecule has 0 atom stereocenters. The van der Waals surface area contributed by atoms with Crippen molar-refractivity contribution in [3.05, 3.63) is 53.9 Å². The Kier molecular flexibility index (Phi) is 3.42. The molecule has 0 spiro atoms. The molecule has 1 aromatic heterocycles. The van der Waals surface area contributed by atoms with E-state index >= 15 is 0 Å². The number of carboxylic acids is 1. The second kappa shape index (κ2) is 5.18. The number of pyridine rings is 1. The van der Waals surface area contributed by atoms with Crippen molar-refractivity contribution < 1.29 is 19.8 Å². The predicted molar refractivity (Wildman–Crippen MR) is 67.3 cm³/mol. The van der Waals surface area contributed by atoms with Crippen LogP contribution >= 0.6 is 0 Å². The van der Waals surface area contributed by atoms with Crippen LogP contribution in [0.4, 0.5) is 5.69 Å². The van der Waals surface area contributed by atoms with Crippen LogP contribution in [0.5, 0.6) is 5.75 Å². The van der Waals surface area contributed by atoms with E-state index in [2.05, 4.69) is 10.3 Å². The van der Waals surface area contributed by atoms with Gasteiger partial charge in [0.05, 0.1) is 5.56 Å². The number of nitrogens with zero attached hydrogens (tertiary/aromatic N) is 1. The van der Waals surface area contributed by atoms with E-state index in [1.807, 2.05) is 0 Å². The number of anilines is 1. The fourth-order valence-electron chi connectivity index (χ4n) is 1.49.